The summed E-state index contributed by atoms with van der Waals surface area (Å²) in [5.74, 6) is 0.281. The second-order valence-corrected chi connectivity index (χ2v) is 3.12. The minimum absolute atomic E-state index is 0.0289. The number of halogens is 3. The van der Waals surface area contributed by atoms with Crippen LogP contribution in [0.5, 0.6) is 0 Å². The first-order chi connectivity index (χ1) is 4.84. The lowest BCUT2D eigenvalue weighted by molar-refractivity contribution is -0.149. The van der Waals surface area contributed by atoms with Crippen molar-refractivity contribution < 1.29 is 13.2 Å². The maximum Gasteiger partial charge on any atom is 0.403 e. The molecule has 1 atom stereocenters. The van der Waals surface area contributed by atoms with Crippen LogP contribution in [0, 0.1) is 5.92 Å². The number of hydrogen-bond donors (Lipinski definition) is 1. The third-order valence-electron chi connectivity index (χ3n) is 1.48. The highest BCUT2D eigenvalue weighted by Gasteiger charge is 2.35. The first-order valence-corrected chi connectivity index (χ1v) is 3.66. The molecule has 0 heterocycles. The van der Waals surface area contributed by atoms with Crippen LogP contribution in [0.1, 0.15) is 26.7 Å². The smallest absolute Gasteiger partial charge is 0.320 e. The Bertz CT molecular complexity index is 109. The predicted molar refractivity (Wildman–Crippen MR) is 38.1 cm³/mol. The summed E-state index contributed by atoms with van der Waals surface area (Å²) in [7, 11) is 0. The molecule has 0 radical (unpaired) electrons. The minimum atomic E-state index is -4.23. The second kappa shape index (κ2) is 3.95. The first-order valence-electron chi connectivity index (χ1n) is 3.66. The molecule has 4 heteroatoms. The molecule has 2 N–H and O–H groups in total. The highest BCUT2D eigenvalue weighted by molar-refractivity contribution is 4.70. The van der Waals surface area contributed by atoms with E-state index in [0.29, 0.717) is 6.42 Å². The molecule has 68 valence electrons. The molecule has 0 aliphatic heterocycles. The van der Waals surface area contributed by atoms with Crippen molar-refractivity contribution in [3.8, 4) is 0 Å². The maximum atomic E-state index is 11.8. The van der Waals surface area contributed by atoms with Crippen LogP contribution >= 0.6 is 0 Å². The van der Waals surface area contributed by atoms with Crippen molar-refractivity contribution in [2.45, 2.75) is 38.9 Å². The molecule has 0 amide bonds. The Morgan fingerprint density at radius 1 is 1.18 bits per heavy atom. The van der Waals surface area contributed by atoms with Gasteiger partial charge in [-0.3, -0.25) is 0 Å². The van der Waals surface area contributed by atoms with E-state index >= 15 is 0 Å². The predicted octanol–water partition coefficient (Wildman–Crippen LogP) is 2.31. The average molecular weight is 169 g/mol. The van der Waals surface area contributed by atoms with Crippen LogP contribution in [0.4, 0.5) is 13.2 Å². The zero-order valence-corrected chi connectivity index (χ0v) is 6.78. The molecule has 0 aromatic rings. The summed E-state index contributed by atoms with van der Waals surface area (Å²) in [4.78, 5) is 0. The van der Waals surface area contributed by atoms with E-state index in [0.717, 1.165) is 0 Å². The summed E-state index contributed by atoms with van der Waals surface area (Å²) in [5, 5.41) is 0. The van der Waals surface area contributed by atoms with Gasteiger partial charge in [0.1, 0.15) is 6.04 Å². The van der Waals surface area contributed by atoms with Crippen molar-refractivity contribution >= 4 is 0 Å². The zero-order chi connectivity index (χ0) is 9.07. The normalized spacial score (nSPS) is 15.5. The Morgan fingerprint density at radius 3 is 1.91 bits per heavy atom. The van der Waals surface area contributed by atoms with Gasteiger partial charge in [-0.1, -0.05) is 13.8 Å². The van der Waals surface area contributed by atoms with Crippen molar-refractivity contribution in [3.63, 3.8) is 0 Å². The molecule has 0 unspecified atom stereocenters. The highest BCUT2D eigenvalue weighted by atomic mass is 19.4. The van der Waals surface area contributed by atoms with Crippen molar-refractivity contribution in [3.05, 3.63) is 0 Å². The molecule has 0 aliphatic carbocycles. The topological polar surface area (TPSA) is 26.0 Å². The van der Waals surface area contributed by atoms with Gasteiger partial charge < -0.3 is 5.73 Å². The summed E-state index contributed by atoms with van der Waals surface area (Å²) < 4.78 is 35.3. The van der Waals surface area contributed by atoms with E-state index in [4.69, 9.17) is 5.73 Å². The Balaban J connectivity index is 3.61. The van der Waals surface area contributed by atoms with Gasteiger partial charge in [-0.05, 0) is 18.8 Å². The molecular formula is C7H14F3N. The van der Waals surface area contributed by atoms with E-state index < -0.39 is 12.2 Å². The Kier molecular flexibility index (Phi) is 3.86. The van der Waals surface area contributed by atoms with Crippen molar-refractivity contribution in [1.29, 1.82) is 0 Å². The molecular weight excluding hydrogens is 155 g/mol. The van der Waals surface area contributed by atoms with Gasteiger partial charge in [0.2, 0.25) is 0 Å². The van der Waals surface area contributed by atoms with Gasteiger partial charge in [0.25, 0.3) is 0 Å². The highest BCUT2D eigenvalue weighted by Crippen LogP contribution is 2.22. The Labute approximate surface area is 64.8 Å². The third-order valence-corrected chi connectivity index (χ3v) is 1.48. The molecule has 0 aromatic heterocycles. The van der Waals surface area contributed by atoms with Crippen molar-refractivity contribution in [1.82, 2.24) is 0 Å². The number of nitrogens with two attached hydrogens (primary N) is 1. The van der Waals surface area contributed by atoms with E-state index in [-0.39, 0.29) is 12.3 Å². The number of rotatable bonds is 3. The molecule has 0 aromatic carbocycles. The van der Waals surface area contributed by atoms with Crippen LogP contribution in [0.15, 0.2) is 0 Å². The SMILES string of the molecule is CC(C)CC[C@H](N)C(F)(F)F. The summed E-state index contributed by atoms with van der Waals surface area (Å²) in [6.45, 7) is 3.76. The fourth-order valence-corrected chi connectivity index (χ4v) is 0.677. The molecule has 0 aliphatic rings. The molecule has 0 spiro atoms. The van der Waals surface area contributed by atoms with Gasteiger partial charge >= 0.3 is 6.18 Å². The van der Waals surface area contributed by atoms with Gasteiger partial charge in [0, 0.05) is 0 Å². The minimum Gasteiger partial charge on any atom is -0.320 e. The Morgan fingerprint density at radius 2 is 1.64 bits per heavy atom. The molecule has 1 nitrogen and oxygen atoms in total. The summed E-state index contributed by atoms with van der Waals surface area (Å²) in [5.41, 5.74) is 4.87. The van der Waals surface area contributed by atoms with Crippen LogP contribution in [0.2, 0.25) is 0 Å². The summed E-state index contributed by atoms with van der Waals surface area (Å²) in [6, 6.07) is -1.65. The van der Waals surface area contributed by atoms with Gasteiger partial charge in [-0.15, -0.1) is 0 Å². The number of alkyl halides is 3. The van der Waals surface area contributed by atoms with E-state index in [1.807, 2.05) is 13.8 Å². The fraction of sp³-hybridized carbons (Fsp3) is 1.00. The van der Waals surface area contributed by atoms with Gasteiger partial charge in [-0.2, -0.15) is 13.2 Å². The van der Waals surface area contributed by atoms with E-state index in [9.17, 15) is 13.2 Å². The molecule has 0 bridgehead atoms. The van der Waals surface area contributed by atoms with E-state index in [1.165, 1.54) is 0 Å². The monoisotopic (exact) mass is 169 g/mol. The van der Waals surface area contributed by atoms with Crippen LogP contribution in [0.25, 0.3) is 0 Å². The zero-order valence-electron chi connectivity index (χ0n) is 6.78. The van der Waals surface area contributed by atoms with Crippen LogP contribution in [-0.2, 0) is 0 Å². The number of hydrogen-bond acceptors (Lipinski definition) is 1. The third kappa shape index (κ3) is 5.07. The van der Waals surface area contributed by atoms with Crippen LogP contribution < -0.4 is 5.73 Å². The van der Waals surface area contributed by atoms with Crippen LogP contribution in [0.3, 0.4) is 0 Å². The average Bonchev–Trinajstić information content (AvgIpc) is 1.80. The molecule has 0 saturated carbocycles. The maximum absolute atomic E-state index is 11.8. The lowest BCUT2D eigenvalue weighted by Gasteiger charge is -2.15. The van der Waals surface area contributed by atoms with Crippen molar-refractivity contribution in [2.24, 2.45) is 11.7 Å². The Hall–Kier alpha value is -0.250. The quantitative estimate of drug-likeness (QED) is 0.689. The summed E-state index contributed by atoms with van der Waals surface area (Å²) in [6.07, 6.45) is -3.67. The molecule has 0 saturated heterocycles. The van der Waals surface area contributed by atoms with Crippen molar-refractivity contribution in [2.75, 3.05) is 0 Å². The van der Waals surface area contributed by atoms with Gasteiger partial charge in [0.05, 0.1) is 0 Å². The largest absolute Gasteiger partial charge is 0.403 e. The molecule has 0 rings (SSSR count). The second-order valence-electron chi connectivity index (χ2n) is 3.12. The van der Waals surface area contributed by atoms with Gasteiger partial charge in [-0.25, -0.2) is 0 Å². The standard InChI is InChI=1S/C7H14F3N/c1-5(2)3-4-6(11)7(8,9)10/h5-6H,3-4,11H2,1-2H3/t6-/m0/s1. The molecule has 11 heavy (non-hydrogen) atoms. The lowest BCUT2D eigenvalue weighted by Crippen LogP contribution is -2.37. The molecule has 0 fully saturated rings. The summed E-state index contributed by atoms with van der Waals surface area (Å²) >= 11 is 0. The lowest BCUT2D eigenvalue weighted by atomic mass is 10.0. The van der Waals surface area contributed by atoms with E-state index in [1.54, 1.807) is 0 Å². The fourth-order valence-electron chi connectivity index (χ4n) is 0.677. The van der Waals surface area contributed by atoms with Crippen LogP contribution in [-0.4, -0.2) is 12.2 Å². The first kappa shape index (κ1) is 10.8. The van der Waals surface area contributed by atoms with Gasteiger partial charge in [0.15, 0.2) is 0 Å². The van der Waals surface area contributed by atoms with E-state index in [2.05, 4.69) is 0 Å².